The topological polar surface area (TPSA) is 82.1 Å². The van der Waals surface area contributed by atoms with E-state index in [-0.39, 0.29) is 6.23 Å². The third kappa shape index (κ3) is 11.6. The van der Waals surface area contributed by atoms with E-state index in [0.717, 1.165) is 12.2 Å². The summed E-state index contributed by atoms with van der Waals surface area (Å²) in [4.78, 5) is 21.8. The molecular weight excluding hydrogens is 324 g/mol. The average Bonchev–Trinajstić information content (AvgIpc) is 2.18. The maximum absolute atomic E-state index is 11.5. The summed E-state index contributed by atoms with van der Waals surface area (Å²) in [5, 5.41) is 8.47. The second-order valence-electron chi connectivity index (χ2n) is 6.84. The van der Waals surface area contributed by atoms with Crippen LogP contribution in [0.25, 0.3) is 0 Å². The van der Waals surface area contributed by atoms with Crippen molar-refractivity contribution < 1.29 is 27.7 Å². The lowest BCUT2D eigenvalue weighted by atomic mass is 10.5. The fraction of sp³-hybridized carbons (Fsp3) is 0.667. The molecule has 1 N–H and O–H groups in total. The Bertz CT molecular complexity index is 392. The number of hydrogen-bond acceptors (Lipinski definition) is 5. The summed E-state index contributed by atoms with van der Waals surface area (Å²) in [5.74, 6) is -1.89. The van der Waals surface area contributed by atoms with Gasteiger partial charge in [0.25, 0.3) is 0 Å². The van der Waals surface area contributed by atoms with Gasteiger partial charge in [-0.15, -0.1) is 0 Å². The molecular formula is C12H26O6Si3. The molecule has 122 valence electrons. The van der Waals surface area contributed by atoms with Crippen molar-refractivity contribution >= 4 is 37.1 Å². The van der Waals surface area contributed by atoms with Crippen molar-refractivity contribution in [1.82, 2.24) is 0 Å². The molecule has 0 fully saturated rings. The largest absolute Gasteiger partial charge is 0.478 e. The molecule has 0 bridgehead atoms. The minimum absolute atomic E-state index is 0.0599. The van der Waals surface area contributed by atoms with Gasteiger partial charge in [-0.1, -0.05) is 0 Å². The molecule has 0 atom stereocenters. The fourth-order valence-corrected chi connectivity index (χ4v) is 13.5. The van der Waals surface area contributed by atoms with Gasteiger partial charge in [-0.05, 0) is 45.8 Å². The van der Waals surface area contributed by atoms with E-state index in [0.29, 0.717) is 0 Å². The van der Waals surface area contributed by atoms with Crippen molar-refractivity contribution in [2.45, 2.75) is 45.8 Å². The van der Waals surface area contributed by atoms with Crippen molar-refractivity contribution in [3.05, 3.63) is 12.2 Å². The lowest BCUT2D eigenvalue weighted by Crippen LogP contribution is -2.56. The van der Waals surface area contributed by atoms with Crippen LogP contribution in [0.5, 0.6) is 0 Å². The van der Waals surface area contributed by atoms with Gasteiger partial charge in [0.05, 0.1) is 0 Å². The zero-order chi connectivity index (χ0) is 16.9. The Morgan fingerprint density at radius 2 is 1.33 bits per heavy atom. The maximum atomic E-state index is 11.5. The molecule has 0 radical (unpaired) electrons. The van der Waals surface area contributed by atoms with Crippen LogP contribution in [-0.2, 0) is 22.6 Å². The maximum Gasteiger partial charge on any atom is 0.353 e. The molecule has 9 heteroatoms. The highest BCUT2D eigenvalue weighted by molar-refractivity contribution is 6.87. The molecule has 0 rings (SSSR count). The van der Waals surface area contributed by atoms with E-state index in [1.54, 1.807) is 0 Å². The van der Waals surface area contributed by atoms with Gasteiger partial charge in [0.1, 0.15) is 6.23 Å². The normalized spacial score (nSPS) is 13.5. The van der Waals surface area contributed by atoms with E-state index in [1.165, 1.54) is 0 Å². The summed E-state index contributed by atoms with van der Waals surface area (Å²) < 4.78 is 17.4. The minimum Gasteiger partial charge on any atom is -0.478 e. The first-order valence-corrected chi connectivity index (χ1v) is 16.0. The van der Waals surface area contributed by atoms with Crippen LogP contribution in [0, 0.1) is 0 Å². The molecule has 0 aromatic heterocycles. The molecule has 0 unspecified atom stereocenters. The Morgan fingerprint density at radius 3 is 1.67 bits per heavy atom. The molecule has 0 aromatic carbocycles. The molecule has 0 heterocycles. The highest BCUT2D eigenvalue weighted by Crippen LogP contribution is 2.21. The number of carbonyl (C=O) groups is 2. The first-order valence-electron chi connectivity index (χ1n) is 6.71. The van der Waals surface area contributed by atoms with Gasteiger partial charge in [-0.25, -0.2) is 9.59 Å². The van der Waals surface area contributed by atoms with Crippen LogP contribution in [-0.4, -0.2) is 48.5 Å². The summed E-state index contributed by atoms with van der Waals surface area (Å²) in [7, 11) is -6.33. The molecule has 0 saturated carbocycles. The lowest BCUT2D eigenvalue weighted by Gasteiger charge is -2.37. The van der Waals surface area contributed by atoms with Gasteiger partial charge in [0.15, 0.2) is 16.6 Å². The standard InChI is InChI=1S/C12H26O6Si3/c1-19(2,3)17-21(7,18-20(4,5)6)10-16-12(15)9-8-11(13)14/h8-9H,10H2,1-7H3,(H,13,14). The summed E-state index contributed by atoms with van der Waals surface area (Å²) in [6.45, 7) is 14.2. The third-order valence-electron chi connectivity index (χ3n) is 1.88. The highest BCUT2D eigenvalue weighted by atomic mass is 28.5. The van der Waals surface area contributed by atoms with E-state index in [9.17, 15) is 9.59 Å². The number of rotatable bonds is 8. The summed E-state index contributed by atoms with van der Waals surface area (Å²) >= 11 is 0. The number of carbonyl (C=O) groups excluding carboxylic acids is 1. The number of hydrogen-bond donors (Lipinski definition) is 1. The van der Waals surface area contributed by atoms with Crippen molar-refractivity contribution in [3.63, 3.8) is 0 Å². The minimum atomic E-state index is -2.64. The number of aliphatic carboxylic acids is 1. The van der Waals surface area contributed by atoms with Gasteiger partial charge in [0.2, 0.25) is 0 Å². The Morgan fingerprint density at radius 1 is 0.905 bits per heavy atom. The highest BCUT2D eigenvalue weighted by Gasteiger charge is 2.41. The Hall–Kier alpha value is -0.749. The molecule has 0 aliphatic carbocycles. The fourth-order valence-electron chi connectivity index (χ4n) is 1.76. The van der Waals surface area contributed by atoms with Crippen LogP contribution >= 0.6 is 0 Å². The lowest BCUT2D eigenvalue weighted by molar-refractivity contribution is -0.137. The van der Waals surface area contributed by atoms with Crippen LogP contribution < -0.4 is 0 Å². The van der Waals surface area contributed by atoms with Crippen molar-refractivity contribution in [1.29, 1.82) is 0 Å². The molecule has 0 spiro atoms. The van der Waals surface area contributed by atoms with Crippen molar-refractivity contribution in [3.8, 4) is 0 Å². The Balaban J connectivity index is 4.84. The van der Waals surface area contributed by atoms with Gasteiger partial charge in [-0.2, -0.15) is 0 Å². The SMILES string of the molecule is C[Si](C)(C)O[Si](C)(COC(=O)C=CC(=O)O)O[Si](C)(C)C. The molecule has 0 amide bonds. The Labute approximate surface area is 129 Å². The van der Waals surface area contributed by atoms with Crippen LogP contribution in [0.15, 0.2) is 12.2 Å². The van der Waals surface area contributed by atoms with Gasteiger partial charge in [-0.3, -0.25) is 0 Å². The quantitative estimate of drug-likeness (QED) is 0.411. The zero-order valence-electron chi connectivity index (χ0n) is 13.9. The summed E-state index contributed by atoms with van der Waals surface area (Å²) in [6, 6.07) is 0. The van der Waals surface area contributed by atoms with Gasteiger partial charge < -0.3 is 18.1 Å². The summed E-state index contributed by atoms with van der Waals surface area (Å²) in [6.07, 6.45) is 1.70. The summed E-state index contributed by atoms with van der Waals surface area (Å²) in [5.41, 5.74) is 0. The van der Waals surface area contributed by atoms with E-state index in [2.05, 4.69) is 39.3 Å². The van der Waals surface area contributed by atoms with E-state index < -0.39 is 37.1 Å². The molecule has 0 aromatic rings. The monoisotopic (exact) mass is 350 g/mol. The molecule has 21 heavy (non-hydrogen) atoms. The first-order chi connectivity index (χ1) is 9.22. The van der Waals surface area contributed by atoms with Gasteiger partial charge >= 0.3 is 20.5 Å². The second-order valence-corrected chi connectivity index (χ2v) is 19.5. The predicted octanol–water partition coefficient (Wildman–Crippen LogP) is 2.48. The van der Waals surface area contributed by atoms with Crippen LogP contribution in [0.4, 0.5) is 0 Å². The second kappa shape index (κ2) is 7.49. The molecule has 0 aliphatic rings. The first kappa shape index (κ1) is 20.3. The zero-order valence-corrected chi connectivity index (χ0v) is 16.9. The van der Waals surface area contributed by atoms with Crippen molar-refractivity contribution in [2.75, 3.05) is 6.23 Å². The van der Waals surface area contributed by atoms with E-state index >= 15 is 0 Å². The van der Waals surface area contributed by atoms with Crippen LogP contribution in [0.1, 0.15) is 0 Å². The number of ether oxygens (including phenoxy) is 1. The van der Waals surface area contributed by atoms with E-state index in [4.69, 9.17) is 18.1 Å². The molecule has 6 nitrogen and oxygen atoms in total. The van der Waals surface area contributed by atoms with Crippen LogP contribution in [0.2, 0.25) is 45.8 Å². The van der Waals surface area contributed by atoms with Crippen molar-refractivity contribution in [2.24, 2.45) is 0 Å². The van der Waals surface area contributed by atoms with Gasteiger partial charge in [0, 0.05) is 12.2 Å². The smallest absolute Gasteiger partial charge is 0.353 e. The number of esters is 1. The van der Waals surface area contributed by atoms with E-state index in [1.807, 2.05) is 6.55 Å². The number of carboxylic acids is 1. The molecule has 0 aliphatic heterocycles. The molecule has 0 saturated heterocycles. The third-order valence-corrected chi connectivity index (χ3v) is 10.9. The predicted molar refractivity (Wildman–Crippen MR) is 88.2 cm³/mol. The number of carboxylic acid groups (broad SMARTS) is 1. The Kier molecular flexibility index (Phi) is 7.23. The van der Waals surface area contributed by atoms with Crippen LogP contribution in [0.3, 0.4) is 0 Å². The average molecular weight is 351 g/mol.